The Kier molecular flexibility index (Phi) is 6.59. The molecule has 0 spiro atoms. The fourth-order valence-corrected chi connectivity index (χ4v) is 7.86. The molecule has 4 nitrogen and oxygen atoms in total. The van der Waals surface area contributed by atoms with E-state index in [9.17, 15) is 0 Å². The van der Waals surface area contributed by atoms with Crippen molar-refractivity contribution in [2.24, 2.45) is 0 Å². The number of hydrogen-bond donors (Lipinski definition) is 3. The second-order valence-electron chi connectivity index (χ2n) is 13.0. The molecule has 0 radical (unpaired) electrons. The first kappa shape index (κ1) is 28.3. The largest absolute Gasteiger partial charge is 0.455 e. The predicted octanol–water partition coefficient (Wildman–Crippen LogP) is 10.9. The summed E-state index contributed by atoms with van der Waals surface area (Å²) in [7, 11) is 0. The van der Waals surface area contributed by atoms with Crippen LogP contribution in [-0.2, 0) is 0 Å². The molecule has 0 saturated carbocycles. The van der Waals surface area contributed by atoms with Gasteiger partial charge in [0.1, 0.15) is 11.2 Å². The summed E-state index contributed by atoms with van der Waals surface area (Å²) >= 11 is 0. The monoisotopic (exact) mass is 631 g/mol. The molecule has 3 atom stereocenters. The van der Waals surface area contributed by atoms with Gasteiger partial charge in [0.2, 0.25) is 0 Å². The van der Waals surface area contributed by atoms with Gasteiger partial charge < -0.3 is 4.42 Å². The van der Waals surface area contributed by atoms with Crippen LogP contribution in [0, 0.1) is 0 Å². The van der Waals surface area contributed by atoms with Crippen LogP contribution in [0.4, 0.5) is 0 Å². The van der Waals surface area contributed by atoms with Crippen molar-refractivity contribution >= 4 is 54.3 Å². The van der Waals surface area contributed by atoms with Gasteiger partial charge in [0.15, 0.2) is 0 Å². The quantitative estimate of drug-likeness (QED) is 0.169. The first-order chi connectivity index (χ1) is 24.3. The van der Waals surface area contributed by atoms with Crippen molar-refractivity contribution in [3.05, 3.63) is 180 Å². The maximum Gasteiger partial charge on any atom is 0.143 e. The number of rotatable bonds is 4. The van der Waals surface area contributed by atoms with Crippen molar-refractivity contribution < 1.29 is 4.42 Å². The third-order valence-corrected chi connectivity index (χ3v) is 10.2. The second-order valence-corrected chi connectivity index (χ2v) is 13.0. The summed E-state index contributed by atoms with van der Waals surface area (Å²) in [6.07, 6.45) is -0.331. The van der Waals surface area contributed by atoms with Gasteiger partial charge in [-0.25, -0.2) is 0 Å². The Morgan fingerprint density at radius 1 is 0.408 bits per heavy atom. The number of benzene rings is 8. The lowest BCUT2D eigenvalue weighted by molar-refractivity contribution is 0.205. The first-order valence-electron chi connectivity index (χ1n) is 17.0. The molecule has 1 aliphatic heterocycles. The summed E-state index contributed by atoms with van der Waals surface area (Å²) in [4.78, 5) is 0. The molecule has 0 aliphatic carbocycles. The fourth-order valence-electron chi connectivity index (χ4n) is 7.86. The van der Waals surface area contributed by atoms with E-state index in [1.54, 1.807) is 0 Å². The summed E-state index contributed by atoms with van der Waals surface area (Å²) in [5.41, 5.74) is 7.60. The molecule has 1 aromatic heterocycles. The van der Waals surface area contributed by atoms with Crippen molar-refractivity contribution in [2.45, 2.75) is 18.5 Å². The normalized spacial score (nSPS) is 18.2. The van der Waals surface area contributed by atoms with Crippen LogP contribution in [0.3, 0.4) is 0 Å². The summed E-state index contributed by atoms with van der Waals surface area (Å²) in [6, 6.07) is 58.5. The Labute approximate surface area is 284 Å². The van der Waals surface area contributed by atoms with Crippen LogP contribution in [0.25, 0.3) is 65.4 Å². The molecule has 2 heterocycles. The molecule has 4 heteroatoms. The number of nitrogens with one attached hydrogen (secondary N) is 3. The van der Waals surface area contributed by atoms with Gasteiger partial charge in [-0.2, -0.15) is 0 Å². The zero-order valence-electron chi connectivity index (χ0n) is 26.7. The number of fused-ring (bicyclic) bond motifs is 7. The maximum absolute atomic E-state index is 6.78. The summed E-state index contributed by atoms with van der Waals surface area (Å²) in [5, 5.41) is 21.4. The number of furan rings is 1. The summed E-state index contributed by atoms with van der Waals surface area (Å²) in [5.74, 6) is 0. The molecule has 0 bridgehead atoms. The van der Waals surface area contributed by atoms with Gasteiger partial charge in [-0.3, -0.25) is 16.0 Å². The van der Waals surface area contributed by atoms with E-state index in [2.05, 4.69) is 180 Å². The van der Waals surface area contributed by atoms with Gasteiger partial charge in [-0.1, -0.05) is 152 Å². The van der Waals surface area contributed by atoms with Gasteiger partial charge in [-0.05, 0) is 66.7 Å². The average Bonchev–Trinajstić information content (AvgIpc) is 3.57. The zero-order chi connectivity index (χ0) is 32.3. The molecular formula is C45H33N3O. The lowest BCUT2D eigenvalue weighted by Gasteiger charge is -2.40. The predicted molar refractivity (Wildman–Crippen MR) is 202 cm³/mol. The summed E-state index contributed by atoms with van der Waals surface area (Å²) in [6.45, 7) is 0. The van der Waals surface area contributed by atoms with E-state index in [0.717, 1.165) is 38.6 Å². The van der Waals surface area contributed by atoms with Gasteiger partial charge in [0.05, 0.1) is 18.5 Å². The Bertz CT molecular complexity index is 2670. The molecule has 234 valence electrons. The molecule has 1 fully saturated rings. The minimum atomic E-state index is -0.157. The molecule has 1 saturated heterocycles. The van der Waals surface area contributed by atoms with Crippen molar-refractivity contribution in [3.63, 3.8) is 0 Å². The van der Waals surface area contributed by atoms with E-state index in [1.165, 1.54) is 43.4 Å². The molecule has 0 amide bonds. The summed E-state index contributed by atoms with van der Waals surface area (Å²) < 4.78 is 6.78. The van der Waals surface area contributed by atoms with Gasteiger partial charge in [0.25, 0.3) is 0 Å². The molecule has 9 aromatic rings. The van der Waals surface area contributed by atoms with Crippen LogP contribution in [0.5, 0.6) is 0 Å². The average molecular weight is 632 g/mol. The topological polar surface area (TPSA) is 49.2 Å². The van der Waals surface area contributed by atoms with Gasteiger partial charge in [0, 0.05) is 16.3 Å². The highest BCUT2D eigenvalue weighted by molar-refractivity contribution is 6.13. The first-order valence-corrected chi connectivity index (χ1v) is 17.0. The van der Waals surface area contributed by atoms with Crippen molar-refractivity contribution in [1.29, 1.82) is 0 Å². The molecule has 3 N–H and O–H groups in total. The molecule has 10 rings (SSSR count). The highest BCUT2D eigenvalue weighted by atomic mass is 16.3. The number of hydrogen-bond acceptors (Lipinski definition) is 4. The third-order valence-electron chi connectivity index (χ3n) is 10.2. The zero-order valence-corrected chi connectivity index (χ0v) is 26.7. The minimum Gasteiger partial charge on any atom is -0.455 e. The van der Waals surface area contributed by atoms with Crippen LogP contribution in [0.2, 0.25) is 0 Å². The van der Waals surface area contributed by atoms with Crippen LogP contribution in [0.1, 0.15) is 35.2 Å². The van der Waals surface area contributed by atoms with Crippen molar-refractivity contribution in [3.8, 4) is 11.1 Å². The van der Waals surface area contributed by atoms with E-state index in [-0.39, 0.29) is 18.5 Å². The van der Waals surface area contributed by atoms with Crippen LogP contribution in [0.15, 0.2) is 168 Å². The molecule has 3 unspecified atom stereocenters. The SMILES string of the molecule is c1ccc(C2NC(c3cccc4ccccc34)NC(c3cccc4oc5c(-c6ccc7ccc8ccccc8c7c6)cccc5c34)N2)cc1. The highest BCUT2D eigenvalue weighted by Crippen LogP contribution is 2.41. The molecule has 1 aliphatic rings. The standard InChI is InChI=1S/C45H33N3O/c1-2-13-31(14-3-1)43-46-44(36-19-8-15-28-11-4-6-16-33(28)36)48-45(47-43)38-21-10-22-40-41(38)37-20-9-18-35(42(37)49-40)32-26-25-30-24-23-29-12-5-7-17-34(29)39(30)27-32/h1-27,43-48H. The van der Waals surface area contributed by atoms with Gasteiger partial charge >= 0.3 is 0 Å². The molecular weight excluding hydrogens is 599 g/mol. The van der Waals surface area contributed by atoms with E-state index >= 15 is 0 Å². The Morgan fingerprint density at radius 3 is 1.86 bits per heavy atom. The highest BCUT2D eigenvalue weighted by Gasteiger charge is 2.32. The van der Waals surface area contributed by atoms with E-state index in [4.69, 9.17) is 4.42 Å². The van der Waals surface area contributed by atoms with E-state index in [0.29, 0.717) is 0 Å². The fraction of sp³-hybridized carbons (Fsp3) is 0.0667. The van der Waals surface area contributed by atoms with Gasteiger partial charge in [-0.15, -0.1) is 0 Å². The smallest absolute Gasteiger partial charge is 0.143 e. The van der Waals surface area contributed by atoms with E-state index < -0.39 is 0 Å². The Hall–Kier alpha value is -5.78. The van der Waals surface area contributed by atoms with Crippen LogP contribution >= 0.6 is 0 Å². The van der Waals surface area contributed by atoms with Crippen LogP contribution in [-0.4, -0.2) is 0 Å². The lowest BCUT2D eigenvalue weighted by Crippen LogP contribution is -2.54. The molecule has 8 aromatic carbocycles. The third kappa shape index (κ3) is 4.73. The van der Waals surface area contributed by atoms with Crippen molar-refractivity contribution in [1.82, 2.24) is 16.0 Å². The molecule has 49 heavy (non-hydrogen) atoms. The minimum absolute atomic E-state index is 0.0761. The number of para-hydroxylation sites is 1. The Morgan fingerprint density at radius 2 is 1.00 bits per heavy atom. The van der Waals surface area contributed by atoms with Crippen molar-refractivity contribution in [2.75, 3.05) is 0 Å². The lowest BCUT2D eigenvalue weighted by atomic mass is 9.95. The maximum atomic E-state index is 6.78. The second kappa shape index (κ2) is 11.4. The van der Waals surface area contributed by atoms with E-state index in [1.807, 2.05) is 0 Å². The van der Waals surface area contributed by atoms with Crippen LogP contribution < -0.4 is 16.0 Å². The Balaban J connectivity index is 1.12.